The number of aromatic nitrogens is 2. The first-order valence-corrected chi connectivity index (χ1v) is 9.80. The van der Waals surface area contributed by atoms with Crippen LogP contribution in [-0.2, 0) is 10.0 Å². The molecule has 1 unspecified atom stereocenters. The van der Waals surface area contributed by atoms with Gasteiger partial charge in [0.15, 0.2) is 0 Å². The molecule has 0 spiro atoms. The van der Waals surface area contributed by atoms with Crippen LogP contribution in [0.1, 0.15) is 18.7 Å². The SMILES string of the molecule is Cc1nccc(OC2CCCN(S(=O)(=O)c3ccc(Cl)s3)C2)n1. The predicted octanol–water partition coefficient (Wildman–Crippen LogP) is 2.73. The third-order valence-electron chi connectivity index (χ3n) is 3.52. The molecule has 1 saturated heterocycles. The van der Waals surface area contributed by atoms with Crippen LogP contribution in [0.2, 0.25) is 4.34 Å². The van der Waals surface area contributed by atoms with Crippen LogP contribution in [0.15, 0.2) is 28.6 Å². The van der Waals surface area contributed by atoms with Crippen LogP contribution in [0, 0.1) is 6.92 Å². The van der Waals surface area contributed by atoms with Gasteiger partial charge in [-0.05, 0) is 31.9 Å². The number of aryl methyl sites for hydroxylation is 1. The van der Waals surface area contributed by atoms with Crippen molar-refractivity contribution < 1.29 is 13.2 Å². The largest absolute Gasteiger partial charge is 0.473 e. The van der Waals surface area contributed by atoms with Gasteiger partial charge in [0.1, 0.15) is 16.1 Å². The lowest BCUT2D eigenvalue weighted by Gasteiger charge is -2.31. The number of thiophene rings is 1. The quantitative estimate of drug-likeness (QED) is 0.823. The van der Waals surface area contributed by atoms with E-state index in [2.05, 4.69) is 9.97 Å². The molecule has 0 aliphatic carbocycles. The molecule has 23 heavy (non-hydrogen) atoms. The fourth-order valence-corrected chi connectivity index (χ4v) is 5.60. The molecule has 0 amide bonds. The lowest BCUT2D eigenvalue weighted by atomic mass is 10.1. The maximum Gasteiger partial charge on any atom is 0.252 e. The molecule has 6 nitrogen and oxygen atoms in total. The first-order chi connectivity index (χ1) is 10.9. The zero-order valence-electron chi connectivity index (χ0n) is 12.5. The fraction of sp³-hybridized carbons (Fsp3) is 0.429. The van der Waals surface area contributed by atoms with Crippen LogP contribution in [0.25, 0.3) is 0 Å². The van der Waals surface area contributed by atoms with Gasteiger partial charge in [-0.3, -0.25) is 0 Å². The van der Waals surface area contributed by atoms with Crippen LogP contribution in [0.3, 0.4) is 0 Å². The Morgan fingerprint density at radius 2 is 2.22 bits per heavy atom. The number of ether oxygens (including phenoxy) is 1. The van der Waals surface area contributed by atoms with Gasteiger partial charge in [0.2, 0.25) is 5.88 Å². The van der Waals surface area contributed by atoms with Crippen molar-refractivity contribution in [3.8, 4) is 5.88 Å². The molecule has 0 N–H and O–H groups in total. The van der Waals surface area contributed by atoms with Crippen molar-refractivity contribution in [2.75, 3.05) is 13.1 Å². The number of piperidine rings is 1. The molecule has 1 atom stereocenters. The van der Waals surface area contributed by atoms with Gasteiger partial charge in [-0.25, -0.2) is 13.4 Å². The minimum Gasteiger partial charge on any atom is -0.473 e. The Morgan fingerprint density at radius 1 is 1.39 bits per heavy atom. The summed E-state index contributed by atoms with van der Waals surface area (Å²) >= 11 is 6.92. The van der Waals surface area contributed by atoms with E-state index in [1.165, 1.54) is 4.31 Å². The number of sulfonamides is 1. The summed E-state index contributed by atoms with van der Waals surface area (Å²) in [5, 5.41) is 0. The van der Waals surface area contributed by atoms with Crippen molar-refractivity contribution in [3.05, 3.63) is 34.6 Å². The van der Waals surface area contributed by atoms with E-state index in [1.54, 1.807) is 31.3 Å². The Balaban J connectivity index is 1.73. The highest BCUT2D eigenvalue weighted by molar-refractivity contribution is 7.91. The number of halogens is 1. The third kappa shape index (κ3) is 3.82. The molecule has 0 bridgehead atoms. The minimum absolute atomic E-state index is 0.219. The van der Waals surface area contributed by atoms with Crippen LogP contribution >= 0.6 is 22.9 Å². The highest BCUT2D eigenvalue weighted by atomic mass is 35.5. The van der Waals surface area contributed by atoms with Gasteiger partial charge in [0, 0.05) is 18.8 Å². The number of hydrogen-bond donors (Lipinski definition) is 0. The van der Waals surface area contributed by atoms with Crippen molar-refractivity contribution in [3.63, 3.8) is 0 Å². The molecule has 1 fully saturated rings. The normalized spacial score (nSPS) is 19.7. The van der Waals surface area contributed by atoms with Crippen LogP contribution in [-0.4, -0.2) is 41.9 Å². The van der Waals surface area contributed by atoms with Gasteiger partial charge in [0.05, 0.1) is 10.9 Å². The standard InChI is InChI=1S/C14H16ClN3O3S2/c1-10-16-7-6-13(17-10)21-11-3-2-8-18(9-11)23(19,20)14-5-4-12(15)22-14/h4-7,11H,2-3,8-9H2,1H3. The highest BCUT2D eigenvalue weighted by Gasteiger charge is 2.32. The van der Waals surface area contributed by atoms with Gasteiger partial charge < -0.3 is 4.74 Å². The zero-order valence-corrected chi connectivity index (χ0v) is 14.9. The fourth-order valence-electron chi connectivity index (χ4n) is 2.45. The van der Waals surface area contributed by atoms with Crippen LogP contribution in [0.5, 0.6) is 5.88 Å². The lowest BCUT2D eigenvalue weighted by molar-refractivity contribution is 0.124. The van der Waals surface area contributed by atoms with Crippen molar-refractivity contribution in [1.29, 1.82) is 0 Å². The van der Waals surface area contributed by atoms with E-state index in [4.69, 9.17) is 16.3 Å². The van der Waals surface area contributed by atoms with Gasteiger partial charge in [-0.15, -0.1) is 11.3 Å². The summed E-state index contributed by atoms with van der Waals surface area (Å²) in [5.74, 6) is 1.09. The molecular weight excluding hydrogens is 358 g/mol. The Labute approximate surface area is 144 Å². The van der Waals surface area contributed by atoms with Crippen molar-refractivity contribution in [2.45, 2.75) is 30.1 Å². The first kappa shape index (κ1) is 16.6. The maximum absolute atomic E-state index is 12.6. The summed E-state index contributed by atoms with van der Waals surface area (Å²) in [6, 6.07) is 4.82. The third-order valence-corrected chi connectivity index (χ3v) is 7.09. The molecule has 0 saturated carbocycles. The van der Waals surface area contributed by atoms with Gasteiger partial charge in [-0.2, -0.15) is 9.29 Å². The van der Waals surface area contributed by atoms with Crippen molar-refractivity contribution in [2.24, 2.45) is 0 Å². The lowest BCUT2D eigenvalue weighted by Crippen LogP contribution is -2.44. The number of hydrogen-bond acceptors (Lipinski definition) is 6. The summed E-state index contributed by atoms with van der Waals surface area (Å²) in [6.07, 6.45) is 2.94. The summed E-state index contributed by atoms with van der Waals surface area (Å²) in [5.41, 5.74) is 0. The van der Waals surface area contributed by atoms with E-state index in [9.17, 15) is 8.42 Å². The monoisotopic (exact) mass is 373 g/mol. The molecule has 3 heterocycles. The summed E-state index contributed by atoms with van der Waals surface area (Å²) in [4.78, 5) is 8.22. The van der Waals surface area contributed by atoms with Gasteiger partial charge >= 0.3 is 0 Å². The van der Waals surface area contributed by atoms with Crippen molar-refractivity contribution in [1.82, 2.24) is 14.3 Å². The zero-order chi connectivity index (χ0) is 16.4. The summed E-state index contributed by atoms with van der Waals surface area (Å²) in [6.45, 7) is 2.58. The molecule has 1 aliphatic rings. The Morgan fingerprint density at radius 3 is 2.91 bits per heavy atom. The van der Waals surface area contributed by atoms with E-state index in [1.807, 2.05) is 0 Å². The van der Waals surface area contributed by atoms with E-state index in [0.29, 0.717) is 29.1 Å². The van der Waals surface area contributed by atoms with E-state index in [0.717, 1.165) is 24.2 Å². The first-order valence-electron chi connectivity index (χ1n) is 7.17. The van der Waals surface area contributed by atoms with Gasteiger partial charge in [0.25, 0.3) is 10.0 Å². The second kappa shape index (κ2) is 6.72. The van der Waals surface area contributed by atoms with E-state index >= 15 is 0 Å². The molecule has 2 aromatic rings. The minimum atomic E-state index is -3.52. The molecule has 3 rings (SSSR count). The van der Waals surface area contributed by atoms with Crippen LogP contribution < -0.4 is 4.74 Å². The average molecular weight is 374 g/mol. The average Bonchev–Trinajstić information content (AvgIpc) is 2.95. The molecule has 1 aliphatic heterocycles. The van der Waals surface area contributed by atoms with Gasteiger partial charge in [-0.1, -0.05) is 11.6 Å². The topological polar surface area (TPSA) is 72.4 Å². The Hall–Kier alpha value is -1.22. The summed E-state index contributed by atoms with van der Waals surface area (Å²) < 4.78 is 33.3. The van der Waals surface area contributed by atoms with Crippen LogP contribution in [0.4, 0.5) is 0 Å². The maximum atomic E-state index is 12.6. The number of rotatable bonds is 4. The Kier molecular flexibility index (Phi) is 4.86. The second-order valence-corrected chi connectivity index (χ2v) is 9.13. The van der Waals surface area contributed by atoms with Crippen molar-refractivity contribution >= 4 is 33.0 Å². The molecule has 2 aromatic heterocycles. The molecule has 124 valence electrons. The molecular formula is C14H16ClN3O3S2. The Bertz CT molecular complexity index is 794. The van der Waals surface area contributed by atoms with E-state index < -0.39 is 10.0 Å². The van der Waals surface area contributed by atoms with E-state index in [-0.39, 0.29) is 10.3 Å². The molecule has 9 heteroatoms. The second-order valence-electron chi connectivity index (χ2n) is 5.25. The number of nitrogens with zero attached hydrogens (tertiary/aromatic N) is 3. The summed E-state index contributed by atoms with van der Waals surface area (Å²) in [7, 11) is -3.52. The highest BCUT2D eigenvalue weighted by Crippen LogP contribution is 2.30. The predicted molar refractivity (Wildman–Crippen MR) is 88.5 cm³/mol. The molecule has 0 radical (unpaired) electrons. The smallest absolute Gasteiger partial charge is 0.252 e. The molecule has 0 aromatic carbocycles.